The van der Waals surface area contributed by atoms with E-state index in [1.165, 1.54) is 12.1 Å². The minimum Gasteiger partial charge on any atom is -0.478 e. The molecule has 0 bridgehead atoms. The molecule has 2 aromatic rings. The van der Waals surface area contributed by atoms with Gasteiger partial charge in [0.05, 0.1) is 17.7 Å². The molecule has 0 saturated carbocycles. The molecule has 0 radical (unpaired) electrons. The van der Waals surface area contributed by atoms with Crippen LogP contribution in [-0.2, 0) is 20.8 Å². The van der Waals surface area contributed by atoms with Crippen LogP contribution in [0, 0.1) is 6.92 Å². The van der Waals surface area contributed by atoms with E-state index in [4.69, 9.17) is 5.11 Å². The third kappa shape index (κ3) is 3.47. The van der Waals surface area contributed by atoms with Crippen molar-refractivity contribution < 1.29 is 24.3 Å². The number of thiazole rings is 1. The lowest BCUT2D eigenvalue weighted by Gasteiger charge is -2.16. The molecule has 0 aliphatic rings. The van der Waals surface area contributed by atoms with Gasteiger partial charge in [0.2, 0.25) is 5.13 Å². The highest BCUT2D eigenvalue weighted by molar-refractivity contribution is 7.13. The molecule has 0 fully saturated rings. The van der Waals surface area contributed by atoms with Crippen LogP contribution in [0.5, 0.6) is 0 Å². The van der Waals surface area contributed by atoms with Crippen LogP contribution in [0.25, 0.3) is 0 Å². The average Bonchev–Trinajstić information content (AvgIpc) is 2.91. The van der Waals surface area contributed by atoms with Gasteiger partial charge in [0, 0.05) is 5.38 Å². The molecule has 0 spiro atoms. The highest BCUT2D eigenvalue weighted by atomic mass is 32.1. The number of carbonyl (C=O) groups is 3. The number of aromatic nitrogens is 1. The molecule has 22 heavy (non-hydrogen) atoms. The van der Waals surface area contributed by atoms with Gasteiger partial charge in [-0.3, -0.25) is 9.59 Å². The van der Waals surface area contributed by atoms with E-state index >= 15 is 0 Å². The first-order valence-corrected chi connectivity index (χ1v) is 7.07. The molecule has 2 rings (SSSR count). The zero-order chi connectivity index (χ0) is 16.1. The van der Waals surface area contributed by atoms with Crippen molar-refractivity contribution in [1.29, 1.82) is 0 Å². The maximum absolute atomic E-state index is 12.3. The van der Waals surface area contributed by atoms with Crippen LogP contribution in [0.1, 0.15) is 21.6 Å². The number of anilines is 1. The van der Waals surface area contributed by atoms with Crippen molar-refractivity contribution in [3.63, 3.8) is 0 Å². The SMILES string of the molecule is Cc1csc(N(OC=O)C(=O)Cc2ccccc2C(=O)O)n1. The van der Waals surface area contributed by atoms with Crippen LogP contribution in [0.15, 0.2) is 29.6 Å². The highest BCUT2D eigenvalue weighted by Gasteiger charge is 2.23. The van der Waals surface area contributed by atoms with Crippen LogP contribution in [0.2, 0.25) is 0 Å². The first kappa shape index (κ1) is 15.6. The van der Waals surface area contributed by atoms with Gasteiger partial charge >= 0.3 is 12.4 Å². The number of carbonyl (C=O) groups excluding carboxylic acids is 2. The average molecular weight is 320 g/mol. The summed E-state index contributed by atoms with van der Waals surface area (Å²) >= 11 is 1.14. The van der Waals surface area contributed by atoms with Gasteiger partial charge in [-0.15, -0.1) is 16.4 Å². The molecular formula is C14H12N2O5S. The molecule has 8 heteroatoms. The number of nitrogens with zero attached hydrogens (tertiary/aromatic N) is 2. The molecule has 1 aromatic carbocycles. The minimum atomic E-state index is -1.13. The Morgan fingerprint density at radius 3 is 2.73 bits per heavy atom. The van der Waals surface area contributed by atoms with E-state index in [0.717, 1.165) is 16.4 Å². The van der Waals surface area contributed by atoms with Crippen molar-refractivity contribution in [2.75, 3.05) is 5.06 Å². The van der Waals surface area contributed by atoms with Crippen molar-refractivity contribution in [2.45, 2.75) is 13.3 Å². The normalized spacial score (nSPS) is 10.0. The number of hydroxylamine groups is 1. The van der Waals surface area contributed by atoms with E-state index in [1.54, 1.807) is 24.4 Å². The molecule has 0 aliphatic carbocycles. The number of aryl methyl sites for hydroxylation is 1. The summed E-state index contributed by atoms with van der Waals surface area (Å²) in [7, 11) is 0. The van der Waals surface area contributed by atoms with E-state index in [2.05, 4.69) is 9.82 Å². The molecule has 1 N–H and O–H groups in total. The molecule has 0 saturated heterocycles. The van der Waals surface area contributed by atoms with Gasteiger partial charge in [-0.25, -0.2) is 9.78 Å². The van der Waals surface area contributed by atoms with Crippen LogP contribution >= 0.6 is 11.3 Å². The molecular weight excluding hydrogens is 308 g/mol. The van der Waals surface area contributed by atoms with Crippen molar-refractivity contribution in [2.24, 2.45) is 0 Å². The van der Waals surface area contributed by atoms with Gasteiger partial charge in [0.1, 0.15) is 0 Å². The Morgan fingerprint density at radius 1 is 1.41 bits per heavy atom. The number of carboxylic acids is 1. The van der Waals surface area contributed by atoms with Gasteiger partial charge in [0.25, 0.3) is 5.91 Å². The zero-order valence-electron chi connectivity index (χ0n) is 11.6. The third-order valence-electron chi connectivity index (χ3n) is 2.75. The topological polar surface area (TPSA) is 96.8 Å². The number of amides is 1. The van der Waals surface area contributed by atoms with Gasteiger partial charge in [-0.2, -0.15) is 0 Å². The quantitative estimate of drug-likeness (QED) is 0.644. The Morgan fingerprint density at radius 2 is 2.14 bits per heavy atom. The first-order chi connectivity index (χ1) is 10.5. The molecule has 0 unspecified atom stereocenters. The van der Waals surface area contributed by atoms with Gasteiger partial charge in [0.15, 0.2) is 0 Å². The summed E-state index contributed by atoms with van der Waals surface area (Å²) in [4.78, 5) is 42.8. The predicted molar refractivity (Wildman–Crippen MR) is 78.6 cm³/mol. The number of benzene rings is 1. The predicted octanol–water partition coefficient (Wildman–Crippen LogP) is 1.81. The Labute approximate surface area is 129 Å². The summed E-state index contributed by atoms with van der Waals surface area (Å²) in [5, 5.41) is 11.8. The molecule has 0 aliphatic heterocycles. The highest BCUT2D eigenvalue weighted by Crippen LogP contribution is 2.21. The van der Waals surface area contributed by atoms with Gasteiger partial charge in [-0.05, 0) is 18.6 Å². The fourth-order valence-corrected chi connectivity index (χ4v) is 2.57. The Kier molecular flexibility index (Phi) is 4.84. The van der Waals surface area contributed by atoms with Gasteiger partial charge in [-0.1, -0.05) is 18.2 Å². The van der Waals surface area contributed by atoms with Crippen LogP contribution < -0.4 is 5.06 Å². The van der Waals surface area contributed by atoms with Crippen LogP contribution in [0.4, 0.5) is 5.13 Å². The summed E-state index contributed by atoms with van der Waals surface area (Å²) in [6.07, 6.45) is -0.227. The van der Waals surface area contributed by atoms with Crippen molar-refractivity contribution in [3.8, 4) is 0 Å². The molecule has 1 heterocycles. The lowest BCUT2D eigenvalue weighted by Crippen LogP contribution is -2.32. The molecule has 1 aromatic heterocycles. The maximum atomic E-state index is 12.3. The summed E-state index contributed by atoms with van der Waals surface area (Å²) < 4.78 is 0. The molecule has 114 valence electrons. The minimum absolute atomic E-state index is 0.0252. The molecule has 0 atom stereocenters. The molecule has 1 amide bonds. The monoisotopic (exact) mass is 320 g/mol. The standard InChI is InChI=1S/C14H12N2O5S/c1-9-7-22-14(15-9)16(21-8-17)12(18)6-10-4-2-3-5-11(10)13(19)20/h2-5,7-8H,6H2,1H3,(H,19,20). The summed E-state index contributed by atoms with van der Waals surface area (Å²) in [5.41, 5.74) is 1.03. The summed E-state index contributed by atoms with van der Waals surface area (Å²) in [6, 6.07) is 6.14. The number of rotatable bonds is 6. The lowest BCUT2D eigenvalue weighted by molar-refractivity contribution is -0.138. The van der Waals surface area contributed by atoms with E-state index < -0.39 is 11.9 Å². The Balaban J connectivity index is 2.26. The van der Waals surface area contributed by atoms with E-state index in [0.29, 0.717) is 11.3 Å². The fourth-order valence-electron chi connectivity index (χ4n) is 1.81. The zero-order valence-corrected chi connectivity index (χ0v) is 12.4. The number of carboxylic acid groups (broad SMARTS) is 1. The van der Waals surface area contributed by atoms with Crippen molar-refractivity contribution in [3.05, 3.63) is 46.5 Å². The lowest BCUT2D eigenvalue weighted by atomic mass is 10.0. The van der Waals surface area contributed by atoms with Crippen molar-refractivity contribution in [1.82, 2.24) is 4.98 Å². The smallest absolute Gasteiger partial charge is 0.335 e. The Bertz CT molecular complexity index is 713. The van der Waals surface area contributed by atoms with E-state index in [1.807, 2.05) is 0 Å². The van der Waals surface area contributed by atoms with Crippen LogP contribution in [0.3, 0.4) is 0 Å². The first-order valence-electron chi connectivity index (χ1n) is 6.19. The molecule has 7 nitrogen and oxygen atoms in total. The van der Waals surface area contributed by atoms with E-state index in [9.17, 15) is 14.4 Å². The number of hydrogen-bond acceptors (Lipinski definition) is 6. The second kappa shape index (κ2) is 6.81. The third-order valence-corrected chi connectivity index (χ3v) is 3.67. The fraction of sp³-hybridized carbons (Fsp3) is 0.143. The van der Waals surface area contributed by atoms with Gasteiger partial charge < -0.3 is 9.94 Å². The number of aromatic carboxylic acids is 1. The largest absolute Gasteiger partial charge is 0.478 e. The van der Waals surface area contributed by atoms with Crippen molar-refractivity contribution >= 4 is 34.8 Å². The second-order valence-electron chi connectivity index (χ2n) is 4.30. The second-order valence-corrected chi connectivity index (χ2v) is 5.14. The summed E-state index contributed by atoms with van der Waals surface area (Å²) in [5.74, 6) is -1.72. The van der Waals surface area contributed by atoms with E-state index in [-0.39, 0.29) is 23.6 Å². The summed E-state index contributed by atoms with van der Waals surface area (Å²) in [6.45, 7) is 1.86. The Hall–Kier alpha value is -2.74. The maximum Gasteiger partial charge on any atom is 0.335 e. The number of hydrogen-bond donors (Lipinski definition) is 1. The van der Waals surface area contributed by atoms with Crippen LogP contribution in [-0.4, -0.2) is 28.4 Å².